The average Bonchev–Trinajstić information content (AvgIpc) is 2.92. The Kier molecular flexibility index (Phi) is 3.20. The van der Waals surface area contributed by atoms with Crippen LogP contribution < -0.4 is 5.56 Å². The summed E-state index contributed by atoms with van der Waals surface area (Å²) in [4.78, 5) is 25.0. The monoisotopic (exact) mass is 280 g/mol. The molecule has 0 radical (unpaired) electrons. The number of H-pyrrole nitrogens is 1. The third kappa shape index (κ3) is 2.27. The molecule has 3 aromatic rings. The molecule has 0 spiro atoms. The second-order valence-electron chi connectivity index (χ2n) is 4.59. The summed E-state index contributed by atoms with van der Waals surface area (Å²) in [5.74, 6) is 0. The van der Waals surface area contributed by atoms with Crippen LogP contribution in [0.3, 0.4) is 0 Å². The van der Waals surface area contributed by atoms with Crippen molar-refractivity contribution in [2.45, 2.75) is 19.8 Å². The number of nitrogens with one attached hydrogen (secondary N) is 1. The van der Waals surface area contributed by atoms with Gasteiger partial charge in [-0.05, 0) is 13.3 Å². The quantitative estimate of drug-likeness (QED) is 0.778. The zero-order valence-corrected chi connectivity index (χ0v) is 11.4. The summed E-state index contributed by atoms with van der Waals surface area (Å²) in [5, 5.41) is 11.7. The smallest absolute Gasteiger partial charge is 0.276 e. The van der Waals surface area contributed by atoms with Crippen LogP contribution in [0.15, 0.2) is 29.5 Å². The minimum atomic E-state index is -0.178. The van der Waals surface area contributed by atoms with Crippen molar-refractivity contribution in [3.8, 4) is 17.5 Å². The Morgan fingerprint density at radius 1 is 1.43 bits per heavy atom. The van der Waals surface area contributed by atoms with Gasteiger partial charge in [-0.2, -0.15) is 5.26 Å². The minimum Gasteiger partial charge on any atom is -0.287 e. The van der Waals surface area contributed by atoms with Gasteiger partial charge in [0.1, 0.15) is 5.69 Å². The van der Waals surface area contributed by atoms with E-state index in [1.54, 1.807) is 31.6 Å². The highest BCUT2D eigenvalue weighted by Gasteiger charge is 2.12. The zero-order chi connectivity index (χ0) is 14.8. The number of nitrogens with zero attached hydrogens (tertiary/aromatic N) is 5. The van der Waals surface area contributed by atoms with Crippen LogP contribution in [0, 0.1) is 18.3 Å². The Bertz CT molecular complexity index is 887. The van der Waals surface area contributed by atoms with Gasteiger partial charge < -0.3 is 0 Å². The van der Waals surface area contributed by atoms with Gasteiger partial charge >= 0.3 is 0 Å². The fraction of sp³-hybridized carbons (Fsp3) is 0.214. The Hall–Kier alpha value is -3.01. The topological polar surface area (TPSA) is 99.7 Å². The summed E-state index contributed by atoms with van der Waals surface area (Å²) in [6.07, 6.45) is 5.47. The highest BCUT2D eigenvalue weighted by molar-refractivity contribution is 5.59. The van der Waals surface area contributed by atoms with E-state index in [0.717, 1.165) is 0 Å². The molecule has 21 heavy (non-hydrogen) atoms. The molecule has 3 rings (SSSR count). The Labute approximate surface area is 119 Å². The van der Waals surface area contributed by atoms with E-state index in [-0.39, 0.29) is 5.56 Å². The van der Waals surface area contributed by atoms with Gasteiger partial charge in [-0.1, -0.05) is 0 Å². The molecule has 104 valence electrons. The van der Waals surface area contributed by atoms with Crippen molar-refractivity contribution in [3.63, 3.8) is 0 Å². The van der Waals surface area contributed by atoms with E-state index in [1.165, 1.54) is 4.52 Å². The molecule has 0 atom stereocenters. The molecule has 0 unspecified atom stereocenters. The second kappa shape index (κ2) is 5.17. The molecule has 0 fully saturated rings. The predicted octanol–water partition coefficient (Wildman–Crippen LogP) is 1.24. The summed E-state index contributed by atoms with van der Waals surface area (Å²) < 4.78 is 1.38. The van der Waals surface area contributed by atoms with Crippen molar-refractivity contribution < 1.29 is 0 Å². The first-order valence-electron chi connectivity index (χ1n) is 6.45. The van der Waals surface area contributed by atoms with E-state index in [4.69, 9.17) is 5.26 Å². The second-order valence-corrected chi connectivity index (χ2v) is 4.59. The van der Waals surface area contributed by atoms with Crippen LogP contribution in [0.5, 0.6) is 0 Å². The van der Waals surface area contributed by atoms with Gasteiger partial charge in [-0.15, -0.1) is 0 Å². The molecule has 0 aliphatic carbocycles. The van der Waals surface area contributed by atoms with Crippen LogP contribution >= 0.6 is 0 Å². The lowest BCUT2D eigenvalue weighted by Crippen LogP contribution is -2.21. The van der Waals surface area contributed by atoms with Crippen molar-refractivity contribution in [2.75, 3.05) is 0 Å². The van der Waals surface area contributed by atoms with E-state index in [2.05, 4.69) is 20.1 Å². The van der Waals surface area contributed by atoms with Gasteiger partial charge in [0, 0.05) is 36.1 Å². The van der Waals surface area contributed by atoms with Crippen LogP contribution in [0.25, 0.3) is 17.0 Å². The molecular formula is C14H12N6O. The van der Waals surface area contributed by atoms with Crippen LogP contribution in [0.2, 0.25) is 0 Å². The Morgan fingerprint density at radius 2 is 2.29 bits per heavy atom. The maximum absolute atomic E-state index is 12.4. The zero-order valence-electron chi connectivity index (χ0n) is 11.4. The first-order valence-corrected chi connectivity index (χ1v) is 6.45. The first-order chi connectivity index (χ1) is 10.2. The normalized spacial score (nSPS) is 10.7. The first kappa shape index (κ1) is 13.0. The summed E-state index contributed by atoms with van der Waals surface area (Å²) in [7, 11) is 0. The lowest BCUT2D eigenvalue weighted by molar-refractivity contribution is 0.839. The fourth-order valence-corrected chi connectivity index (χ4v) is 2.21. The largest absolute Gasteiger partial charge is 0.287 e. The maximum Gasteiger partial charge on any atom is 0.276 e. The molecule has 0 saturated heterocycles. The Morgan fingerprint density at radius 3 is 3.00 bits per heavy atom. The molecule has 0 bridgehead atoms. The molecule has 1 N–H and O–H groups in total. The molecule has 0 aliphatic rings. The van der Waals surface area contributed by atoms with E-state index in [0.29, 0.717) is 41.1 Å². The summed E-state index contributed by atoms with van der Waals surface area (Å²) in [5.41, 5.74) is 2.87. The van der Waals surface area contributed by atoms with E-state index in [9.17, 15) is 4.79 Å². The number of nitriles is 1. The third-order valence-corrected chi connectivity index (χ3v) is 3.24. The number of rotatable bonds is 3. The molecule has 3 heterocycles. The molecule has 0 aliphatic heterocycles. The van der Waals surface area contributed by atoms with E-state index >= 15 is 0 Å². The van der Waals surface area contributed by atoms with Crippen LogP contribution in [-0.2, 0) is 6.42 Å². The molecule has 3 aromatic heterocycles. The van der Waals surface area contributed by atoms with Gasteiger partial charge in [-0.25, -0.2) is 9.50 Å². The number of hydrogen-bond donors (Lipinski definition) is 1. The molecule has 7 nitrogen and oxygen atoms in total. The number of hydrogen-bond acceptors (Lipinski definition) is 5. The lowest BCUT2D eigenvalue weighted by atomic mass is 10.1. The van der Waals surface area contributed by atoms with Crippen molar-refractivity contribution in [3.05, 3.63) is 46.3 Å². The van der Waals surface area contributed by atoms with Gasteiger partial charge in [0.2, 0.25) is 0 Å². The highest BCUT2D eigenvalue weighted by Crippen LogP contribution is 2.15. The minimum absolute atomic E-state index is 0.178. The van der Waals surface area contributed by atoms with Gasteiger partial charge in [-0.3, -0.25) is 19.9 Å². The van der Waals surface area contributed by atoms with Crippen LogP contribution in [0.4, 0.5) is 0 Å². The van der Waals surface area contributed by atoms with Crippen LogP contribution in [-0.4, -0.2) is 24.6 Å². The molecular weight excluding hydrogens is 268 g/mol. The summed E-state index contributed by atoms with van der Waals surface area (Å²) in [6.45, 7) is 1.78. The number of aryl methyl sites for hydroxylation is 1. The van der Waals surface area contributed by atoms with Gasteiger partial charge in [0.25, 0.3) is 5.56 Å². The van der Waals surface area contributed by atoms with Crippen molar-refractivity contribution in [2.24, 2.45) is 0 Å². The third-order valence-electron chi connectivity index (χ3n) is 3.24. The standard InChI is InChI=1S/C14H12N6O/c1-9-10(3-2-4-15)14(21)20-13(18-9)7-11(19-20)12-8-16-5-6-17-12/h5-8,19H,2-3H2,1H3. The summed E-state index contributed by atoms with van der Waals surface area (Å²) in [6, 6.07) is 3.80. The molecule has 0 amide bonds. The fourth-order valence-electron chi connectivity index (χ4n) is 2.21. The summed E-state index contributed by atoms with van der Waals surface area (Å²) >= 11 is 0. The molecule has 0 aromatic carbocycles. The van der Waals surface area contributed by atoms with Gasteiger partial charge in [0.15, 0.2) is 5.65 Å². The molecule has 7 heteroatoms. The van der Waals surface area contributed by atoms with Gasteiger partial charge in [0.05, 0.1) is 18.0 Å². The maximum atomic E-state index is 12.4. The van der Waals surface area contributed by atoms with Crippen molar-refractivity contribution >= 4 is 5.65 Å². The average molecular weight is 280 g/mol. The lowest BCUT2D eigenvalue weighted by Gasteiger charge is -2.02. The predicted molar refractivity (Wildman–Crippen MR) is 75.5 cm³/mol. The SMILES string of the molecule is Cc1nc2cc(-c3cnccn3)[nH]n2c(=O)c1CCC#N. The van der Waals surface area contributed by atoms with Crippen molar-refractivity contribution in [1.29, 1.82) is 5.26 Å². The van der Waals surface area contributed by atoms with E-state index in [1.807, 2.05) is 6.07 Å². The number of aromatic amines is 1. The number of fused-ring (bicyclic) bond motifs is 1. The van der Waals surface area contributed by atoms with Crippen molar-refractivity contribution in [1.82, 2.24) is 24.6 Å². The number of aromatic nitrogens is 5. The highest BCUT2D eigenvalue weighted by atomic mass is 16.1. The molecule has 0 saturated carbocycles. The Balaban J connectivity index is 2.17. The van der Waals surface area contributed by atoms with E-state index < -0.39 is 0 Å². The van der Waals surface area contributed by atoms with Crippen LogP contribution in [0.1, 0.15) is 17.7 Å².